The average molecular weight is 240 g/mol. The number of hydrogen-bond donors (Lipinski definition) is 1. The monoisotopic (exact) mass is 240 g/mol. The summed E-state index contributed by atoms with van der Waals surface area (Å²) in [6.45, 7) is 16.4. The number of hydrogen-bond acceptors (Lipinski definition) is 2. The Bertz CT molecular complexity index is 227. The third-order valence-corrected chi connectivity index (χ3v) is 4.52. The Morgan fingerprint density at radius 3 is 2.41 bits per heavy atom. The maximum atomic E-state index is 3.76. The highest BCUT2D eigenvalue weighted by molar-refractivity contribution is 4.97. The lowest BCUT2D eigenvalue weighted by atomic mass is 9.88. The van der Waals surface area contributed by atoms with Gasteiger partial charge in [0, 0.05) is 30.7 Å². The molecule has 1 N–H and O–H groups in total. The summed E-state index contributed by atoms with van der Waals surface area (Å²) < 4.78 is 0. The van der Waals surface area contributed by atoms with Gasteiger partial charge in [0.2, 0.25) is 0 Å². The fraction of sp³-hybridized carbons (Fsp3) is 1.00. The van der Waals surface area contributed by atoms with Crippen LogP contribution in [-0.2, 0) is 0 Å². The summed E-state index contributed by atoms with van der Waals surface area (Å²) in [5.41, 5.74) is 0.350. The molecule has 17 heavy (non-hydrogen) atoms. The van der Waals surface area contributed by atoms with Gasteiger partial charge in [-0.25, -0.2) is 0 Å². The highest BCUT2D eigenvalue weighted by Gasteiger charge is 2.38. The molecule has 3 unspecified atom stereocenters. The van der Waals surface area contributed by atoms with E-state index >= 15 is 0 Å². The lowest BCUT2D eigenvalue weighted by Crippen LogP contribution is -2.65. The standard InChI is InChI=1S/C15H32N2/c1-7-13(5)17-10-14(9-12(3)4)16-11-15(17,6)8-2/h12-14,16H,7-11H2,1-6H3. The summed E-state index contributed by atoms with van der Waals surface area (Å²) >= 11 is 0. The summed E-state index contributed by atoms with van der Waals surface area (Å²) in [4.78, 5) is 2.75. The first-order chi connectivity index (χ1) is 7.92. The van der Waals surface area contributed by atoms with Crippen molar-refractivity contribution in [3.05, 3.63) is 0 Å². The Morgan fingerprint density at radius 2 is 1.94 bits per heavy atom. The molecule has 1 rings (SSSR count). The molecule has 1 heterocycles. The van der Waals surface area contributed by atoms with E-state index in [1.807, 2.05) is 0 Å². The van der Waals surface area contributed by atoms with Crippen molar-refractivity contribution in [3.8, 4) is 0 Å². The van der Waals surface area contributed by atoms with Gasteiger partial charge in [-0.3, -0.25) is 4.90 Å². The van der Waals surface area contributed by atoms with E-state index < -0.39 is 0 Å². The first-order valence-corrected chi connectivity index (χ1v) is 7.43. The first kappa shape index (κ1) is 15.0. The summed E-state index contributed by atoms with van der Waals surface area (Å²) in [7, 11) is 0. The molecule has 2 heteroatoms. The van der Waals surface area contributed by atoms with E-state index in [0.29, 0.717) is 17.6 Å². The van der Waals surface area contributed by atoms with Crippen LogP contribution in [0.25, 0.3) is 0 Å². The minimum Gasteiger partial charge on any atom is -0.311 e. The minimum atomic E-state index is 0.350. The van der Waals surface area contributed by atoms with Gasteiger partial charge in [0.05, 0.1) is 0 Å². The van der Waals surface area contributed by atoms with E-state index in [0.717, 1.165) is 12.5 Å². The van der Waals surface area contributed by atoms with Crippen LogP contribution in [-0.4, -0.2) is 35.6 Å². The molecule has 3 atom stereocenters. The van der Waals surface area contributed by atoms with E-state index in [2.05, 4.69) is 51.8 Å². The summed E-state index contributed by atoms with van der Waals surface area (Å²) in [6.07, 6.45) is 3.79. The van der Waals surface area contributed by atoms with Crippen LogP contribution < -0.4 is 5.32 Å². The zero-order valence-corrected chi connectivity index (χ0v) is 12.7. The summed E-state index contributed by atoms with van der Waals surface area (Å²) in [5, 5.41) is 3.76. The Labute approximate surface area is 108 Å². The van der Waals surface area contributed by atoms with Crippen molar-refractivity contribution in [1.29, 1.82) is 0 Å². The number of nitrogens with one attached hydrogen (secondary N) is 1. The molecule has 0 spiro atoms. The minimum absolute atomic E-state index is 0.350. The highest BCUT2D eigenvalue weighted by Crippen LogP contribution is 2.27. The molecule has 0 amide bonds. The third kappa shape index (κ3) is 3.69. The second kappa shape index (κ2) is 6.19. The van der Waals surface area contributed by atoms with Crippen LogP contribution in [0.1, 0.15) is 60.8 Å². The van der Waals surface area contributed by atoms with Crippen molar-refractivity contribution in [2.75, 3.05) is 13.1 Å². The van der Waals surface area contributed by atoms with E-state index in [1.54, 1.807) is 0 Å². The van der Waals surface area contributed by atoms with Gasteiger partial charge in [0.1, 0.15) is 0 Å². The van der Waals surface area contributed by atoms with Crippen LogP contribution in [0.2, 0.25) is 0 Å². The average Bonchev–Trinajstić information content (AvgIpc) is 2.30. The lowest BCUT2D eigenvalue weighted by molar-refractivity contribution is 0.0113. The first-order valence-electron chi connectivity index (χ1n) is 7.43. The third-order valence-electron chi connectivity index (χ3n) is 4.52. The van der Waals surface area contributed by atoms with Crippen LogP contribution in [0, 0.1) is 5.92 Å². The largest absolute Gasteiger partial charge is 0.311 e. The molecule has 2 nitrogen and oxygen atoms in total. The molecule has 1 aliphatic heterocycles. The predicted molar refractivity (Wildman–Crippen MR) is 76.4 cm³/mol. The quantitative estimate of drug-likeness (QED) is 0.793. The van der Waals surface area contributed by atoms with E-state index in [1.165, 1.54) is 25.8 Å². The molecule has 0 aromatic heterocycles. The van der Waals surface area contributed by atoms with E-state index in [-0.39, 0.29) is 0 Å². The topological polar surface area (TPSA) is 15.3 Å². The van der Waals surface area contributed by atoms with Crippen molar-refractivity contribution < 1.29 is 0 Å². The van der Waals surface area contributed by atoms with Crippen molar-refractivity contribution >= 4 is 0 Å². The Kier molecular flexibility index (Phi) is 5.46. The number of rotatable bonds is 5. The van der Waals surface area contributed by atoms with Crippen molar-refractivity contribution in [2.45, 2.75) is 78.4 Å². The van der Waals surface area contributed by atoms with Crippen molar-refractivity contribution in [2.24, 2.45) is 5.92 Å². The van der Waals surface area contributed by atoms with Gasteiger partial charge >= 0.3 is 0 Å². The zero-order valence-electron chi connectivity index (χ0n) is 12.7. The van der Waals surface area contributed by atoms with Crippen LogP contribution in [0.4, 0.5) is 0 Å². The summed E-state index contributed by atoms with van der Waals surface area (Å²) in [6, 6.07) is 1.39. The Balaban J connectivity index is 2.70. The fourth-order valence-electron chi connectivity index (χ4n) is 2.98. The van der Waals surface area contributed by atoms with E-state index in [4.69, 9.17) is 0 Å². The van der Waals surface area contributed by atoms with Crippen molar-refractivity contribution in [3.63, 3.8) is 0 Å². The maximum Gasteiger partial charge on any atom is 0.0306 e. The van der Waals surface area contributed by atoms with Crippen LogP contribution in [0.15, 0.2) is 0 Å². The maximum absolute atomic E-state index is 3.76. The molecule has 1 saturated heterocycles. The molecular formula is C15H32N2. The SMILES string of the molecule is CCC(C)N1CC(CC(C)C)NCC1(C)CC. The predicted octanol–water partition coefficient (Wildman–Crippen LogP) is 3.27. The number of nitrogens with zero attached hydrogens (tertiary/aromatic N) is 1. The molecule has 102 valence electrons. The van der Waals surface area contributed by atoms with Gasteiger partial charge in [-0.2, -0.15) is 0 Å². The molecule has 0 saturated carbocycles. The molecular weight excluding hydrogens is 208 g/mol. The van der Waals surface area contributed by atoms with Gasteiger partial charge in [-0.05, 0) is 39.0 Å². The molecule has 0 aromatic rings. The molecule has 1 aliphatic rings. The van der Waals surface area contributed by atoms with Gasteiger partial charge in [0.15, 0.2) is 0 Å². The van der Waals surface area contributed by atoms with Crippen LogP contribution in [0.3, 0.4) is 0 Å². The van der Waals surface area contributed by atoms with Crippen molar-refractivity contribution in [1.82, 2.24) is 10.2 Å². The second-order valence-corrected chi connectivity index (χ2v) is 6.47. The van der Waals surface area contributed by atoms with E-state index in [9.17, 15) is 0 Å². The lowest BCUT2D eigenvalue weighted by Gasteiger charge is -2.51. The molecule has 0 bridgehead atoms. The van der Waals surface area contributed by atoms with Gasteiger partial charge in [0.25, 0.3) is 0 Å². The molecule has 0 aliphatic carbocycles. The van der Waals surface area contributed by atoms with Crippen LogP contribution in [0.5, 0.6) is 0 Å². The fourth-order valence-corrected chi connectivity index (χ4v) is 2.98. The van der Waals surface area contributed by atoms with Gasteiger partial charge < -0.3 is 5.32 Å². The number of piperazine rings is 1. The summed E-state index contributed by atoms with van der Waals surface area (Å²) in [5.74, 6) is 0.789. The van der Waals surface area contributed by atoms with Crippen LogP contribution >= 0.6 is 0 Å². The molecule has 0 radical (unpaired) electrons. The highest BCUT2D eigenvalue weighted by atomic mass is 15.3. The Hall–Kier alpha value is -0.0800. The zero-order chi connectivity index (χ0) is 13.1. The van der Waals surface area contributed by atoms with Gasteiger partial charge in [-0.1, -0.05) is 27.7 Å². The second-order valence-electron chi connectivity index (χ2n) is 6.47. The molecule has 1 fully saturated rings. The smallest absolute Gasteiger partial charge is 0.0306 e. The van der Waals surface area contributed by atoms with Gasteiger partial charge in [-0.15, -0.1) is 0 Å². The molecule has 0 aromatic carbocycles. The Morgan fingerprint density at radius 1 is 1.29 bits per heavy atom. The normalized spacial score (nSPS) is 33.0.